The lowest BCUT2D eigenvalue weighted by Gasteiger charge is -2.52. The van der Waals surface area contributed by atoms with Crippen molar-refractivity contribution in [3.8, 4) is 0 Å². The van der Waals surface area contributed by atoms with Crippen LogP contribution in [0.2, 0.25) is 0 Å². The van der Waals surface area contributed by atoms with Crippen LogP contribution in [0.4, 0.5) is 0 Å². The van der Waals surface area contributed by atoms with Gasteiger partial charge in [-0.3, -0.25) is 10.2 Å². The fraction of sp³-hybridized carbons (Fsp3) is 1.00. The molecule has 0 amide bonds. The van der Waals surface area contributed by atoms with Crippen LogP contribution in [0.5, 0.6) is 0 Å². The monoisotopic (exact) mass is 452 g/mol. The first-order valence-corrected chi connectivity index (χ1v) is 14.7. The third-order valence-electron chi connectivity index (χ3n) is 8.41. The quantitative estimate of drug-likeness (QED) is 0.195. The molecular weight excluding hydrogens is 392 g/mol. The lowest BCUT2D eigenvalue weighted by atomic mass is 9.66. The van der Waals surface area contributed by atoms with E-state index in [1.807, 2.05) is 0 Å². The van der Waals surface area contributed by atoms with Gasteiger partial charge in [-0.1, -0.05) is 119 Å². The van der Waals surface area contributed by atoms with Crippen LogP contribution in [-0.2, 0) is 0 Å². The highest BCUT2D eigenvalue weighted by Gasteiger charge is 2.64. The fourth-order valence-electron chi connectivity index (χ4n) is 6.77. The summed E-state index contributed by atoms with van der Waals surface area (Å²) in [4.78, 5) is 2.89. The molecule has 1 saturated heterocycles. The van der Waals surface area contributed by atoms with E-state index in [2.05, 4.69) is 51.8 Å². The van der Waals surface area contributed by atoms with Crippen molar-refractivity contribution in [2.45, 2.75) is 174 Å². The Bertz CT molecular complexity index is 440. The molecule has 3 nitrogen and oxygen atoms in total. The second kappa shape index (κ2) is 15.7. The van der Waals surface area contributed by atoms with Crippen molar-refractivity contribution in [3.63, 3.8) is 0 Å². The standard InChI is InChI=1S/C29H60N2O/c1-7-13-19-27(20-14-8-2)28(21-15-9-3,22-16-10-4)31(25-26-32)29(30-27,23-17-11-5)24-18-12-6/h30,32H,7-26H2,1-6H3. The van der Waals surface area contributed by atoms with Crippen LogP contribution in [-0.4, -0.2) is 39.9 Å². The van der Waals surface area contributed by atoms with E-state index in [1.165, 1.54) is 116 Å². The number of aliphatic hydroxyl groups excluding tert-OH is 1. The number of hydrogen-bond acceptors (Lipinski definition) is 3. The summed E-state index contributed by atoms with van der Waals surface area (Å²) >= 11 is 0. The molecule has 0 radical (unpaired) electrons. The molecule has 0 unspecified atom stereocenters. The lowest BCUT2D eigenvalue weighted by molar-refractivity contribution is -0.0234. The molecule has 0 bridgehead atoms. The molecule has 32 heavy (non-hydrogen) atoms. The zero-order valence-corrected chi connectivity index (χ0v) is 23.0. The first kappa shape index (κ1) is 29.9. The van der Waals surface area contributed by atoms with E-state index in [0.717, 1.165) is 6.54 Å². The number of nitrogens with one attached hydrogen (secondary N) is 1. The Labute approximate surface area is 202 Å². The number of rotatable bonds is 20. The molecule has 0 aromatic heterocycles. The van der Waals surface area contributed by atoms with Gasteiger partial charge in [-0.25, -0.2) is 0 Å². The van der Waals surface area contributed by atoms with Gasteiger partial charge < -0.3 is 5.11 Å². The van der Waals surface area contributed by atoms with E-state index in [4.69, 9.17) is 0 Å². The number of unbranched alkanes of at least 4 members (excludes halogenated alkanes) is 6. The van der Waals surface area contributed by atoms with Crippen LogP contribution in [0.1, 0.15) is 157 Å². The summed E-state index contributed by atoms with van der Waals surface area (Å²) in [6, 6.07) is 0. The third kappa shape index (κ3) is 6.95. The largest absolute Gasteiger partial charge is 0.395 e. The van der Waals surface area contributed by atoms with E-state index in [0.29, 0.717) is 0 Å². The molecule has 0 atom stereocenters. The van der Waals surface area contributed by atoms with Crippen LogP contribution >= 0.6 is 0 Å². The Kier molecular flexibility index (Phi) is 14.7. The third-order valence-corrected chi connectivity index (χ3v) is 8.41. The average Bonchev–Trinajstić information content (AvgIpc) is 3.02. The molecule has 0 saturated carbocycles. The molecule has 0 spiro atoms. The van der Waals surface area contributed by atoms with Crippen molar-refractivity contribution in [2.75, 3.05) is 13.2 Å². The van der Waals surface area contributed by atoms with Crippen LogP contribution < -0.4 is 5.32 Å². The summed E-state index contributed by atoms with van der Waals surface area (Å²) in [6.45, 7) is 15.2. The molecule has 0 aliphatic carbocycles. The van der Waals surface area contributed by atoms with Crippen LogP contribution in [0.15, 0.2) is 0 Å². The first-order valence-electron chi connectivity index (χ1n) is 14.7. The van der Waals surface area contributed by atoms with Crippen molar-refractivity contribution in [1.82, 2.24) is 10.2 Å². The van der Waals surface area contributed by atoms with E-state index in [1.54, 1.807) is 0 Å². The minimum absolute atomic E-state index is 0.0533. The Balaban J connectivity index is 3.71. The minimum Gasteiger partial charge on any atom is -0.395 e. The summed E-state index contributed by atoms with van der Waals surface area (Å²) in [5, 5.41) is 14.9. The number of nitrogens with zero attached hydrogens (tertiary/aromatic N) is 1. The molecule has 1 fully saturated rings. The summed E-state index contributed by atoms with van der Waals surface area (Å²) in [5.74, 6) is 0. The van der Waals surface area contributed by atoms with Gasteiger partial charge in [0.1, 0.15) is 0 Å². The molecule has 0 aromatic rings. The summed E-state index contributed by atoms with van der Waals surface area (Å²) < 4.78 is 0. The van der Waals surface area contributed by atoms with Gasteiger partial charge in [0.15, 0.2) is 0 Å². The Morgan fingerprint density at radius 2 is 0.938 bits per heavy atom. The normalized spacial score (nSPS) is 19.6. The Hall–Kier alpha value is -0.120. The number of β-amino-alcohol motifs (C(OH)–C–C–N with tert-alkyl or cyclic N) is 1. The van der Waals surface area contributed by atoms with Gasteiger partial charge in [-0.05, 0) is 38.5 Å². The van der Waals surface area contributed by atoms with Gasteiger partial charge in [0.05, 0.1) is 12.3 Å². The highest BCUT2D eigenvalue weighted by molar-refractivity contribution is 5.22. The maximum atomic E-state index is 10.3. The molecule has 3 heteroatoms. The van der Waals surface area contributed by atoms with Crippen LogP contribution in [0.3, 0.4) is 0 Å². The molecule has 1 aliphatic heterocycles. The Morgan fingerprint density at radius 1 is 0.562 bits per heavy atom. The predicted molar refractivity (Wildman–Crippen MR) is 142 cm³/mol. The maximum Gasteiger partial charge on any atom is 0.0723 e. The zero-order valence-electron chi connectivity index (χ0n) is 23.0. The van der Waals surface area contributed by atoms with Gasteiger partial charge in [-0.15, -0.1) is 0 Å². The minimum atomic E-state index is 0.0533. The summed E-state index contributed by atoms with van der Waals surface area (Å²) in [6.07, 6.45) is 22.9. The van der Waals surface area contributed by atoms with Crippen LogP contribution in [0, 0.1) is 0 Å². The van der Waals surface area contributed by atoms with Crippen molar-refractivity contribution < 1.29 is 5.11 Å². The summed E-state index contributed by atoms with van der Waals surface area (Å²) in [5.41, 5.74) is 0.408. The van der Waals surface area contributed by atoms with Gasteiger partial charge in [-0.2, -0.15) is 0 Å². The molecule has 192 valence electrons. The lowest BCUT2D eigenvalue weighted by Crippen LogP contribution is -2.61. The first-order chi connectivity index (χ1) is 15.5. The second-order valence-electron chi connectivity index (χ2n) is 10.8. The van der Waals surface area contributed by atoms with Crippen molar-refractivity contribution >= 4 is 0 Å². The fourth-order valence-corrected chi connectivity index (χ4v) is 6.77. The second-order valence-corrected chi connectivity index (χ2v) is 10.8. The van der Waals surface area contributed by atoms with E-state index in [-0.39, 0.29) is 23.3 Å². The topological polar surface area (TPSA) is 35.5 Å². The van der Waals surface area contributed by atoms with Gasteiger partial charge >= 0.3 is 0 Å². The van der Waals surface area contributed by atoms with Gasteiger partial charge in [0, 0.05) is 17.6 Å². The van der Waals surface area contributed by atoms with Crippen molar-refractivity contribution in [3.05, 3.63) is 0 Å². The van der Waals surface area contributed by atoms with Gasteiger partial charge in [0.25, 0.3) is 0 Å². The summed E-state index contributed by atoms with van der Waals surface area (Å²) in [7, 11) is 0. The van der Waals surface area contributed by atoms with E-state index >= 15 is 0 Å². The predicted octanol–water partition coefficient (Wildman–Crippen LogP) is 8.20. The van der Waals surface area contributed by atoms with Crippen LogP contribution in [0.25, 0.3) is 0 Å². The highest BCUT2D eigenvalue weighted by atomic mass is 16.3. The maximum absolute atomic E-state index is 10.3. The number of hydrogen-bond donors (Lipinski definition) is 2. The Morgan fingerprint density at radius 3 is 1.31 bits per heavy atom. The molecular formula is C29H60N2O. The SMILES string of the molecule is CCCCC1(CCCC)NC(CCCC)(CCCC)C(CCCC)(CCCC)N1CCO. The van der Waals surface area contributed by atoms with Crippen molar-refractivity contribution in [1.29, 1.82) is 0 Å². The molecule has 1 rings (SSSR count). The molecule has 2 N–H and O–H groups in total. The molecule has 1 aliphatic rings. The molecule has 1 heterocycles. The van der Waals surface area contributed by atoms with E-state index in [9.17, 15) is 5.11 Å². The van der Waals surface area contributed by atoms with E-state index < -0.39 is 0 Å². The van der Waals surface area contributed by atoms with Gasteiger partial charge in [0.2, 0.25) is 0 Å². The molecule has 0 aromatic carbocycles. The number of aliphatic hydroxyl groups is 1. The average molecular weight is 453 g/mol. The zero-order chi connectivity index (χ0) is 23.9. The smallest absolute Gasteiger partial charge is 0.0723 e. The highest BCUT2D eigenvalue weighted by Crippen LogP contribution is 2.54. The van der Waals surface area contributed by atoms with Crippen molar-refractivity contribution in [2.24, 2.45) is 0 Å².